The van der Waals surface area contributed by atoms with Gasteiger partial charge in [-0.15, -0.1) is 0 Å². The summed E-state index contributed by atoms with van der Waals surface area (Å²) in [5.41, 5.74) is 2.03. The van der Waals surface area contributed by atoms with Gasteiger partial charge in [0.05, 0.1) is 5.92 Å². The molecule has 0 aliphatic heterocycles. The van der Waals surface area contributed by atoms with Crippen molar-refractivity contribution in [2.24, 2.45) is 0 Å². The van der Waals surface area contributed by atoms with Gasteiger partial charge < -0.3 is 4.74 Å². The molecule has 2 nitrogen and oxygen atoms in total. The van der Waals surface area contributed by atoms with Crippen LogP contribution in [0.25, 0.3) is 0 Å². The van der Waals surface area contributed by atoms with Gasteiger partial charge in [-0.1, -0.05) is 67.6 Å². The van der Waals surface area contributed by atoms with Crippen LogP contribution in [0.2, 0.25) is 0 Å². The Kier molecular flexibility index (Phi) is 4.73. The summed E-state index contributed by atoms with van der Waals surface area (Å²) in [4.78, 5) is 12.1. The minimum atomic E-state index is -0.176. The maximum atomic E-state index is 12.1. The van der Waals surface area contributed by atoms with E-state index in [2.05, 4.69) is 0 Å². The Morgan fingerprint density at radius 1 is 1.00 bits per heavy atom. The molecule has 1 atom stereocenters. The van der Waals surface area contributed by atoms with E-state index in [0.29, 0.717) is 6.61 Å². The zero-order valence-electron chi connectivity index (χ0n) is 11.1. The van der Waals surface area contributed by atoms with Crippen LogP contribution in [0.3, 0.4) is 0 Å². The molecule has 98 valence electrons. The molecule has 0 aliphatic rings. The van der Waals surface area contributed by atoms with Crippen molar-refractivity contribution in [1.82, 2.24) is 0 Å². The number of benzene rings is 2. The SMILES string of the molecule is CCC(C(=O)OCc1ccccc1)c1ccccc1. The van der Waals surface area contributed by atoms with Crippen molar-refractivity contribution < 1.29 is 9.53 Å². The minimum Gasteiger partial charge on any atom is -0.460 e. The predicted octanol–water partition coefficient (Wildman–Crippen LogP) is 3.92. The Hall–Kier alpha value is -2.09. The predicted molar refractivity (Wildman–Crippen MR) is 75.7 cm³/mol. The molecule has 0 radical (unpaired) electrons. The fraction of sp³-hybridized carbons (Fsp3) is 0.235. The van der Waals surface area contributed by atoms with E-state index in [4.69, 9.17) is 4.74 Å². The molecule has 2 heteroatoms. The molecule has 0 saturated heterocycles. The highest BCUT2D eigenvalue weighted by Crippen LogP contribution is 2.21. The van der Waals surface area contributed by atoms with Crippen LogP contribution >= 0.6 is 0 Å². The van der Waals surface area contributed by atoms with E-state index in [9.17, 15) is 4.79 Å². The highest BCUT2D eigenvalue weighted by Gasteiger charge is 2.19. The Labute approximate surface area is 114 Å². The van der Waals surface area contributed by atoms with Crippen molar-refractivity contribution in [3.8, 4) is 0 Å². The third kappa shape index (κ3) is 3.68. The monoisotopic (exact) mass is 254 g/mol. The average Bonchev–Trinajstić information content (AvgIpc) is 2.48. The molecule has 0 spiro atoms. The maximum absolute atomic E-state index is 12.1. The quantitative estimate of drug-likeness (QED) is 0.756. The fourth-order valence-corrected chi connectivity index (χ4v) is 2.05. The molecule has 0 aromatic heterocycles. The Balaban J connectivity index is 1.98. The van der Waals surface area contributed by atoms with Crippen molar-refractivity contribution in [3.05, 3.63) is 71.8 Å². The molecular formula is C17H18O2. The largest absolute Gasteiger partial charge is 0.460 e. The highest BCUT2D eigenvalue weighted by atomic mass is 16.5. The first-order chi connectivity index (χ1) is 9.31. The standard InChI is InChI=1S/C17H18O2/c1-2-16(15-11-7-4-8-12-15)17(18)19-13-14-9-5-3-6-10-14/h3-12,16H,2,13H2,1H3. The number of carbonyl (C=O) groups excluding carboxylic acids is 1. The summed E-state index contributed by atoms with van der Waals surface area (Å²) in [5, 5.41) is 0. The van der Waals surface area contributed by atoms with Crippen molar-refractivity contribution in [2.75, 3.05) is 0 Å². The van der Waals surface area contributed by atoms with E-state index in [1.165, 1.54) is 0 Å². The van der Waals surface area contributed by atoms with E-state index >= 15 is 0 Å². The Bertz CT molecular complexity index is 505. The van der Waals surface area contributed by atoms with Gasteiger partial charge in [-0.2, -0.15) is 0 Å². The molecule has 1 unspecified atom stereocenters. The van der Waals surface area contributed by atoms with Crippen LogP contribution in [0, 0.1) is 0 Å². The molecule has 19 heavy (non-hydrogen) atoms. The van der Waals surface area contributed by atoms with Crippen LogP contribution in [0.15, 0.2) is 60.7 Å². The second-order valence-electron chi connectivity index (χ2n) is 4.46. The lowest BCUT2D eigenvalue weighted by atomic mass is 9.97. The van der Waals surface area contributed by atoms with Crippen LogP contribution in [-0.2, 0) is 16.1 Å². The molecule has 0 amide bonds. The van der Waals surface area contributed by atoms with Gasteiger partial charge in [0.2, 0.25) is 0 Å². The summed E-state index contributed by atoms with van der Waals surface area (Å²) >= 11 is 0. The van der Waals surface area contributed by atoms with E-state index in [-0.39, 0.29) is 11.9 Å². The van der Waals surface area contributed by atoms with Crippen molar-refractivity contribution in [3.63, 3.8) is 0 Å². The van der Waals surface area contributed by atoms with Crippen LogP contribution in [0.5, 0.6) is 0 Å². The Morgan fingerprint density at radius 3 is 2.16 bits per heavy atom. The van der Waals surface area contributed by atoms with Gasteiger partial charge in [0.1, 0.15) is 6.61 Å². The van der Waals surface area contributed by atoms with Gasteiger partial charge >= 0.3 is 5.97 Å². The lowest BCUT2D eigenvalue weighted by molar-refractivity contribution is -0.146. The van der Waals surface area contributed by atoms with Gasteiger partial charge in [0.25, 0.3) is 0 Å². The van der Waals surface area contributed by atoms with Gasteiger partial charge in [-0.05, 0) is 17.5 Å². The molecule has 0 heterocycles. The molecule has 2 aromatic rings. The third-order valence-corrected chi connectivity index (χ3v) is 3.12. The molecule has 2 aromatic carbocycles. The summed E-state index contributed by atoms with van der Waals surface area (Å²) in [7, 11) is 0. The molecule has 0 fully saturated rings. The third-order valence-electron chi connectivity index (χ3n) is 3.12. The molecule has 0 bridgehead atoms. The normalized spacial score (nSPS) is 11.8. The average molecular weight is 254 g/mol. The molecule has 2 rings (SSSR count). The van der Waals surface area contributed by atoms with Crippen LogP contribution in [0.1, 0.15) is 30.4 Å². The van der Waals surface area contributed by atoms with Gasteiger partial charge in [0, 0.05) is 0 Å². The van der Waals surface area contributed by atoms with E-state index in [1.54, 1.807) is 0 Å². The molecule has 0 N–H and O–H groups in total. The Morgan fingerprint density at radius 2 is 1.58 bits per heavy atom. The van der Waals surface area contributed by atoms with Gasteiger partial charge in [-0.25, -0.2) is 0 Å². The zero-order valence-corrected chi connectivity index (χ0v) is 11.1. The lowest BCUT2D eigenvalue weighted by Crippen LogP contribution is -2.15. The summed E-state index contributed by atoms with van der Waals surface area (Å²) < 4.78 is 5.40. The van der Waals surface area contributed by atoms with Crippen molar-refractivity contribution >= 4 is 5.97 Å². The lowest BCUT2D eigenvalue weighted by Gasteiger charge is -2.14. The molecular weight excluding hydrogens is 236 g/mol. The number of hydrogen-bond acceptors (Lipinski definition) is 2. The van der Waals surface area contributed by atoms with Gasteiger partial charge in [-0.3, -0.25) is 4.79 Å². The number of hydrogen-bond donors (Lipinski definition) is 0. The summed E-state index contributed by atoms with van der Waals surface area (Å²) in [6.07, 6.45) is 0.748. The maximum Gasteiger partial charge on any atom is 0.313 e. The second kappa shape index (κ2) is 6.74. The second-order valence-corrected chi connectivity index (χ2v) is 4.46. The summed E-state index contributed by atoms with van der Waals surface area (Å²) in [5.74, 6) is -0.331. The number of carbonyl (C=O) groups is 1. The van der Waals surface area contributed by atoms with Crippen molar-refractivity contribution in [1.29, 1.82) is 0 Å². The molecule has 0 saturated carbocycles. The minimum absolute atomic E-state index is 0.155. The fourth-order valence-electron chi connectivity index (χ4n) is 2.05. The van der Waals surface area contributed by atoms with Crippen LogP contribution in [0.4, 0.5) is 0 Å². The molecule has 0 aliphatic carbocycles. The van der Waals surface area contributed by atoms with Gasteiger partial charge in [0.15, 0.2) is 0 Å². The smallest absolute Gasteiger partial charge is 0.313 e. The highest BCUT2D eigenvalue weighted by molar-refractivity contribution is 5.78. The topological polar surface area (TPSA) is 26.3 Å². The summed E-state index contributed by atoms with van der Waals surface area (Å²) in [6, 6.07) is 19.5. The van der Waals surface area contributed by atoms with E-state index in [0.717, 1.165) is 17.5 Å². The number of ether oxygens (including phenoxy) is 1. The first kappa shape index (κ1) is 13.3. The number of rotatable bonds is 5. The van der Waals surface area contributed by atoms with Crippen molar-refractivity contribution in [2.45, 2.75) is 25.9 Å². The summed E-state index contributed by atoms with van der Waals surface area (Å²) in [6.45, 7) is 2.34. The first-order valence-corrected chi connectivity index (χ1v) is 6.56. The van der Waals surface area contributed by atoms with Crippen LogP contribution < -0.4 is 0 Å². The first-order valence-electron chi connectivity index (χ1n) is 6.56. The van der Waals surface area contributed by atoms with E-state index < -0.39 is 0 Å². The number of esters is 1. The van der Waals surface area contributed by atoms with E-state index in [1.807, 2.05) is 67.6 Å². The zero-order chi connectivity index (χ0) is 13.5. The van der Waals surface area contributed by atoms with Crippen LogP contribution in [-0.4, -0.2) is 5.97 Å².